The standard InChI is InChI=1S/C14H17N3O2/c15-8-13-16-14(17-19-13)11-6-9-4-2-1-3-5-10(9)7-12(11)18/h6-7,18H,1-5,8,15H2. The maximum Gasteiger partial charge on any atom is 0.240 e. The number of phenols is 1. The lowest BCUT2D eigenvalue weighted by Gasteiger charge is -2.09. The van der Waals surface area contributed by atoms with Gasteiger partial charge in [0.25, 0.3) is 0 Å². The minimum absolute atomic E-state index is 0.207. The predicted octanol–water partition coefficient (Wildman–Crippen LogP) is 2.17. The Kier molecular flexibility index (Phi) is 3.21. The molecule has 0 unspecified atom stereocenters. The minimum Gasteiger partial charge on any atom is -0.507 e. The maximum atomic E-state index is 10.1. The number of nitrogens with zero attached hydrogens (tertiary/aromatic N) is 2. The van der Waals surface area contributed by atoms with Crippen LogP contribution in [0, 0.1) is 0 Å². The van der Waals surface area contributed by atoms with Crippen molar-refractivity contribution in [1.29, 1.82) is 0 Å². The van der Waals surface area contributed by atoms with Gasteiger partial charge in [0, 0.05) is 0 Å². The number of phenolic OH excluding ortho intramolecular Hbond substituents is 1. The number of nitrogens with two attached hydrogens (primary N) is 1. The Bertz CT molecular complexity index is 592. The van der Waals surface area contributed by atoms with E-state index in [1.807, 2.05) is 12.1 Å². The van der Waals surface area contributed by atoms with E-state index >= 15 is 0 Å². The molecule has 0 saturated carbocycles. The normalized spacial score (nSPS) is 15.0. The molecule has 0 fully saturated rings. The summed E-state index contributed by atoms with van der Waals surface area (Å²) >= 11 is 0. The molecule has 5 nitrogen and oxygen atoms in total. The van der Waals surface area contributed by atoms with Crippen molar-refractivity contribution in [3.05, 3.63) is 29.2 Å². The summed E-state index contributed by atoms with van der Waals surface area (Å²) < 4.78 is 4.99. The highest BCUT2D eigenvalue weighted by Gasteiger charge is 2.16. The van der Waals surface area contributed by atoms with Crippen LogP contribution in [0.25, 0.3) is 11.4 Å². The molecule has 0 radical (unpaired) electrons. The van der Waals surface area contributed by atoms with Gasteiger partial charge < -0.3 is 15.4 Å². The van der Waals surface area contributed by atoms with Gasteiger partial charge in [0.15, 0.2) is 0 Å². The highest BCUT2D eigenvalue weighted by molar-refractivity contribution is 5.65. The Morgan fingerprint density at radius 3 is 2.58 bits per heavy atom. The van der Waals surface area contributed by atoms with E-state index in [-0.39, 0.29) is 12.3 Å². The van der Waals surface area contributed by atoms with Gasteiger partial charge in [-0.2, -0.15) is 4.98 Å². The van der Waals surface area contributed by atoms with Crippen molar-refractivity contribution in [2.24, 2.45) is 5.73 Å². The smallest absolute Gasteiger partial charge is 0.240 e. The first-order valence-electron chi connectivity index (χ1n) is 6.65. The number of aromatic nitrogens is 2. The lowest BCUT2D eigenvalue weighted by molar-refractivity contribution is 0.380. The fourth-order valence-electron chi connectivity index (χ4n) is 2.58. The molecular weight excluding hydrogens is 242 g/mol. The summed E-state index contributed by atoms with van der Waals surface area (Å²) in [5.41, 5.74) is 8.60. The van der Waals surface area contributed by atoms with Crippen molar-refractivity contribution >= 4 is 0 Å². The van der Waals surface area contributed by atoms with Crippen LogP contribution in [-0.4, -0.2) is 15.2 Å². The molecule has 0 saturated heterocycles. The second-order valence-corrected chi connectivity index (χ2v) is 4.91. The van der Waals surface area contributed by atoms with Gasteiger partial charge in [-0.1, -0.05) is 11.6 Å². The fourth-order valence-corrected chi connectivity index (χ4v) is 2.58. The minimum atomic E-state index is 0.207. The number of benzene rings is 1. The number of rotatable bonds is 2. The topological polar surface area (TPSA) is 85.2 Å². The molecule has 1 aromatic carbocycles. The fraction of sp³-hybridized carbons (Fsp3) is 0.429. The van der Waals surface area contributed by atoms with E-state index in [1.54, 1.807) is 0 Å². The zero-order valence-electron chi connectivity index (χ0n) is 10.7. The Hall–Kier alpha value is -1.88. The molecule has 1 aromatic heterocycles. The SMILES string of the molecule is NCc1nc(-c2cc3c(cc2O)CCCCC3)no1. The molecule has 0 bridgehead atoms. The van der Waals surface area contributed by atoms with Crippen LogP contribution in [0.4, 0.5) is 0 Å². The van der Waals surface area contributed by atoms with Gasteiger partial charge in [-0.3, -0.25) is 0 Å². The highest BCUT2D eigenvalue weighted by atomic mass is 16.5. The molecule has 0 atom stereocenters. The summed E-state index contributed by atoms with van der Waals surface area (Å²) in [6.07, 6.45) is 5.70. The first-order chi connectivity index (χ1) is 9.28. The zero-order valence-corrected chi connectivity index (χ0v) is 10.7. The maximum absolute atomic E-state index is 10.1. The van der Waals surface area contributed by atoms with Crippen LogP contribution in [0.15, 0.2) is 16.7 Å². The molecule has 1 aliphatic carbocycles. The largest absolute Gasteiger partial charge is 0.507 e. The van der Waals surface area contributed by atoms with Crippen LogP contribution in [0.5, 0.6) is 5.75 Å². The summed E-state index contributed by atoms with van der Waals surface area (Å²) in [5.74, 6) is 0.999. The van der Waals surface area contributed by atoms with E-state index in [0.29, 0.717) is 17.3 Å². The molecule has 3 N–H and O–H groups in total. The number of aromatic hydroxyl groups is 1. The number of hydrogen-bond donors (Lipinski definition) is 2. The summed E-state index contributed by atoms with van der Waals surface area (Å²) in [4.78, 5) is 4.17. The van der Waals surface area contributed by atoms with Crippen molar-refractivity contribution in [3.63, 3.8) is 0 Å². The van der Waals surface area contributed by atoms with Crippen LogP contribution in [0.2, 0.25) is 0 Å². The van der Waals surface area contributed by atoms with E-state index in [9.17, 15) is 5.11 Å². The van der Waals surface area contributed by atoms with Gasteiger partial charge in [0.1, 0.15) is 5.75 Å². The second-order valence-electron chi connectivity index (χ2n) is 4.91. The predicted molar refractivity (Wildman–Crippen MR) is 70.5 cm³/mol. The van der Waals surface area contributed by atoms with E-state index in [4.69, 9.17) is 10.3 Å². The van der Waals surface area contributed by atoms with Crippen LogP contribution in [0.1, 0.15) is 36.3 Å². The molecule has 100 valence electrons. The molecule has 5 heteroatoms. The third-order valence-corrected chi connectivity index (χ3v) is 3.59. The number of fused-ring (bicyclic) bond motifs is 1. The lowest BCUT2D eigenvalue weighted by atomic mass is 9.99. The molecule has 0 spiro atoms. The quantitative estimate of drug-likeness (QED) is 0.807. The summed E-state index contributed by atoms with van der Waals surface area (Å²) in [6, 6.07) is 3.83. The van der Waals surface area contributed by atoms with E-state index < -0.39 is 0 Å². The van der Waals surface area contributed by atoms with Crippen molar-refractivity contribution < 1.29 is 9.63 Å². The molecule has 0 aliphatic heterocycles. The number of aryl methyl sites for hydroxylation is 2. The Balaban J connectivity index is 2.04. The third kappa shape index (κ3) is 2.33. The third-order valence-electron chi connectivity index (χ3n) is 3.59. The molecule has 1 heterocycles. The molecule has 19 heavy (non-hydrogen) atoms. The van der Waals surface area contributed by atoms with Gasteiger partial charge in [0.05, 0.1) is 12.1 Å². The van der Waals surface area contributed by atoms with Gasteiger partial charge in [-0.25, -0.2) is 0 Å². The van der Waals surface area contributed by atoms with E-state index in [2.05, 4.69) is 10.1 Å². The Morgan fingerprint density at radius 1 is 1.16 bits per heavy atom. The molecule has 3 rings (SSSR count). The molecule has 1 aliphatic rings. The molecular formula is C14H17N3O2. The summed E-state index contributed by atoms with van der Waals surface area (Å²) in [6.45, 7) is 0.207. The average Bonchev–Trinajstić information content (AvgIpc) is 2.78. The highest BCUT2D eigenvalue weighted by Crippen LogP contribution is 2.33. The van der Waals surface area contributed by atoms with Crippen LogP contribution in [-0.2, 0) is 19.4 Å². The van der Waals surface area contributed by atoms with Gasteiger partial charge in [0.2, 0.25) is 11.7 Å². The van der Waals surface area contributed by atoms with Gasteiger partial charge in [-0.15, -0.1) is 0 Å². The van der Waals surface area contributed by atoms with Crippen LogP contribution >= 0.6 is 0 Å². The van der Waals surface area contributed by atoms with Gasteiger partial charge >= 0.3 is 0 Å². The summed E-state index contributed by atoms with van der Waals surface area (Å²) in [7, 11) is 0. The first kappa shape index (κ1) is 12.2. The second kappa shape index (κ2) is 5.01. The Labute approximate surface area is 111 Å². The average molecular weight is 259 g/mol. The van der Waals surface area contributed by atoms with Crippen molar-refractivity contribution in [2.45, 2.75) is 38.6 Å². The molecule has 0 amide bonds. The lowest BCUT2D eigenvalue weighted by Crippen LogP contribution is -1.96. The van der Waals surface area contributed by atoms with Crippen molar-refractivity contribution in [1.82, 2.24) is 10.1 Å². The van der Waals surface area contributed by atoms with Crippen molar-refractivity contribution in [2.75, 3.05) is 0 Å². The zero-order chi connectivity index (χ0) is 13.2. The van der Waals surface area contributed by atoms with Gasteiger partial charge in [-0.05, 0) is 48.9 Å². The van der Waals surface area contributed by atoms with Crippen LogP contribution < -0.4 is 5.73 Å². The summed E-state index contributed by atoms with van der Waals surface area (Å²) in [5, 5.41) is 14.0. The monoisotopic (exact) mass is 259 g/mol. The first-order valence-corrected chi connectivity index (χ1v) is 6.65. The number of hydrogen-bond acceptors (Lipinski definition) is 5. The molecule has 2 aromatic rings. The Morgan fingerprint density at radius 2 is 1.89 bits per heavy atom. The van der Waals surface area contributed by atoms with E-state index in [0.717, 1.165) is 12.8 Å². The van der Waals surface area contributed by atoms with E-state index in [1.165, 1.54) is 30.4 Å². The van der Waals surface area contributed by atoms with Crippen LogP contribution in [0.3, 0.4) is 0 Å². The van der Waals surface area contributed by atoms with Crippen molar-refractivity contribution in [3.8, 4) is 17.1 Å².